The second kappa shape index (κ2) is 6.43. The van der Waals surface area contributed by atoms with Gasteiger partial charge >= 0.3 is 0 Å². The summed E-state index contributed by atoms with van der Waals surface area (Å²) in [4.78, 5) is 3.29. The summed E-state index contributed by atoms with van der Waals surface area (Å²) in [6.45, 7) is 2.27. The summed E-state index contributed by atoms with van der Waals surface area (Å²) in [6.07, 6.45) is 2.86. The highest BCUT2D eigenvalue weighted by atomic mass is 32.1. The Morgan fingerprint density at radius 2 is 2.14 bits per heavy atom. The van der Waals surface area contributed by atoms with E-state index in [4.69, 9.17) is 0 Å². The zero-order chi connectivity index (χ0) is 14.7. The van der Waals surface area contributed by atoms with Crippen LogP contribution in [0.1, 0.15) is 24.1 Å². The first-order valence-corrected chi connectivity index (χ1v) is 8.16. The van der Waals surface area contributed by atoms with E-state index < -0.39 is 0 Å². The summed E-state index contributed by atoms with van der Waals surface area (Å²) in [6, 6.07) is 10.7. The Balaban J connectivity index is 1.72. The lowest BCUT2D eigenvalue weighted by Gasteiger charge is -2.21. The van der Waals surface area contributed by atoms with Gasteiger partial charge in [-0.2, -0.15) is 11.3 Å². The number of thiophene rings is 1. The normalized spacial score (nSPS) is 14.4. The van der Waals surface area contributed by atoms with Crippen LogP contribution in [0, 0.1) is 0 Å². The second-order valence-corrected chi connectivity index (χ2v) is 6.17. The molecule has 0 bridgehead atoms. The molecule has 1 aromatic carbocycles. The monoisotopic (exact) mass is 300 g/mol. The van der Waals surface area contributed by atoms with E-state index in [2.05, 4.69) is 52.3 Å². The molecular formula is C17H20N2OS. The van der Waals surface area contributed by atoms with Gasteiger partial charge in [0.2, 0.25) is 0 Å². The van der Waals surface area contributed by atoms with Gasteiger partial charge in [0.15, 0.2) is 0 Å². The van der Waals surface area contributed by atoms with E-state index in [-0.39, 0.29) is 18.7 Å². The van der Waals surface area contributed by atoms with Crippen molar-refractivity contribution >= 4 is 22.2 Å². The second-order valence-electron chi connectivity index (χ2n) is 5.39. The topological polar surface area (TPSA) is 48.0 Å². The molecule has 0 amide bonds. The van der Waals surface area contributed by atoms with E-state index >= 15 is 0 Å². The first kappa shape index (κ1) is 14.3. The lowest BCUT2D eigenvalue weighted by molar-refractivity contribution is 0.233. The average molecular weight is 300 g/mol. The van der Waals surface area contributed by atoms with Crippen molar-refractivity contribution in [3.05, 3.63) is 58.4 Å². The van der Waals surface area contributed by atoms with Crippen LogP contribution in [0.15, 0.2) is 47.3 Å². The molecular weight excluding hydrogens is 280 g/mol. The molecule has 0 saturated heterocycles. The van der Waals surface area contributed by atoms with E-state index in [0.29, 0.717) is 0 Å². The van der Waals surface area contributed by atoms with E-state index in [1.807, 2.05) is 12.3 Å². The number of nitrogens with one attached hydrogen (secondary N) is 2. The Labute approximate surface area is 128 Å². The van der Waals surface area contributed by atoms with Crippen LogP contribution in [-0.2, 0) is 6.42 Å². The van der Waals surface area contributed by atoms with Crippen molar-refractivity contribution in [2.75, 3.05) is 6.61 Å². The number of rotatable bonds is 6. The molecule has 2 heterocycles. The van der Waals surface area contributed by atoms with Crippen LogP contribution < -0.4 is 5.32 Å². The molecule has 0 fully saturated rings. The fraction of sp³-hybridized carbons (Fsp3) is 0.294. The van der Waals surface area contributed by atoms with Crippen molar-refractivity contribution in [2.45, 2.75) is 25.4 Å². The van der Waals surface area contributed by atoms with E-state index in [1.165, 1.54) is 16.5 Å². The lowest BCUT2D eigenvalue weighted by atomic mass is 10.0. The molecule has 3 nitrogen and oxygen atoms in total. The fourth-order valence-electron chi connectivity index (χ4n) is 2.71. The number of aliphatic hydroxyl groups is 1. The van der Waals surface area contributed by atoms with Gasteiger partial charge in [0.05, 0.1) is 6.61 Å². The zero-order valence-corrected chi connectivity index (χ0v) is 12.9. The summed E-state index contributed by atoms with van der Waals surface area (Å²) < 4.78 is 0. The minimum absolute atomic E-state index is 0.0547. The lowest BCUT2D eigenvalue weighted by Crippen LogP contribution is -2.36. The third-order valence-corrected chi connectivity index (χ3v) is 4.59. The molecule has 110 valence electrons. The predicted octanol–water partition coefficient (Wildman–Crippen LogP) is 3.48. The van der Waals surface area contributed by atoms with Crippen molar-refractivity contribution in [1.82, 2.24) is 10.3 Å². The van der Waals surface area contributed by atoms with Gasteiger partial charge in [-0.25, -0.2) is 0 Å². The van der Waals surface area contributed by atoms with Crippen LogP contribution in [-0.4, -0.2) is 22.7 Å². The molecule has 3 aromatic rings. The molecule has 2 atom stereocenters. The highest BCUT2D eigenvalue weighted by Gasteiger charge is 2.15. The van der Waals surface area contributed by atoms with Gasteiger partial charge in [-0.05, 0) is 47.4 Å². The molecule has 0 aliphatic carbocycles. The van der Waals surface area contributed by atoms with Gasteiger partial charge in [-0.3, -0.25) is 0 Å². The molecule has 21 heavy (non-hydrogen) atoms. The van der Waals surface area contributed by atoms with Crippen LogP contribution >= 0.6 is 11.3 Å². The maximum absolute atomic E-state index is 9.67. The van der Waals surface area contributed by atoms with E-state index in [9.17, 15) is 5.11 Å². The standard InChI is InChI=1S/C17H20N2OS/c1-12(13-6-7-21-11-13)19-15(10-20)8-14-9-18-17-5-3-2-4-16(14)17/h2-7,9,11-12,15,18-20H,8,10H2,1H3/t12-,15+/m0/s1. The number of H-pyrrole nitrogens is 1. The minimum Gasteiger partial charge on any atom is -0.395 e. The summed E-state index contributed by atoms with van der Waals surface area (Å²) in [7, 11) is 0. The molecule has 0 aliphatic rings. The van der Waals surface area contributed by atoms with Crippen LogP contribution in [0.5, 0.6) is 0 Å². The quantitative estimate of drug-likeness (QED) is 0.652. The number of aromatic nitrogens is 1. The number of hydrogen-bond donors (Lipinski definition) is 3. The number of benzene rings is 1. The number of fused-ring (bicyclic) bond motifs is 1. The fourth-order valence-corrected chi connectivity index (χ4v) is 3.47. The van der Waals surface area contributed by atoms with Crippen molar-refractivity contribution in [3.63, 3.8) is 0 Å². The van der Waals surface area contributed by atoms with Crippen molar-refractivity contribution < 1.29 is 5.11 Å². The molecule has 3 rings (SSSR count). The Morgan fingerprint density at radius 3 is 2.90 bits per heavy atom. The average Bonchev–Trinajstić information content (AvgIpc) is 3.16. The Kier molecular flexibility index (Phi) is 4.39. The zero-order valence-electron chi connectivity index (χ0n) is 12.0. The SMILES string of the molecule is C[C@H](N[C@@H](CO)Cc1c[nH]c2ccccc12)c1ccsc1. The molecule has 0 spiro atoms. The van der Waals surface area contributed by atoms with Gasteiger partial charge in [0.1, 0.15) is 0 Å². The van der Waals surface area contributed by atoms with E-state index in [1.54, 1.807) is 11.3 Å². The predicted molar refractivity (Wildman–Crippen MR) is 88.7 cm³/mol. The van der Waals surface area contributed by atoms with Crippen LogP contribution in [0.4, 0.5) is 0 Å². The van der Waals surface area contributed by atoms with Crippen molar-refractivity contribution in [1.29, 1.82) is 0 Å². The summed E-state index contributed by atoms with van der Waals surface area (Å²) in [5, 5.41) is 18.7. The van der Waals surface area contributed by atoms with Crippen molar-refractivity contribution in [2.24, 2.45) is 0 Å². The van der Waals surface area contributed by atoms with Crippen LogP contribution in [0.25, 0.3) is 10.9 Å². The van der Waals surface area contributed by atoms with Gasteiger partial charge in [0.25, 0.3) is 0 Å². The molecule has 0 unspecified atom stereocenters. The first-order chi connectivity index (χ1) is 10.3. The molecule has 0 saturated carbocycles. The highest BCUT2D eigenvalue weighted by Crippen LogP contribution is 2.21. The smallest absolute Gasteiger partial charge is 0.0588 e. The molecule has 3 N–H and O–H groups in total. The highest BCUT2D eigenvalue weighted by molar-refractivity contribution is 7.07. The Bertz CT molecular complexity index is 690. The van der Waals surface area contributed by atoms with Gasteiger partial charge < -0.3 is 15.4 Å². The molecule has 4 heteroatoms. The van der Waals surface area contributed by atoms with E-state index in [0.717, 1.165) is 11.9 Å². The minimum atomic E-state index is 0.0547. The van der Waals surface area contributed by atoms with Crippen LogP contribution in [0.2, 0.25) is 0 Å². The van der Waals surface area contributed by atoms with Crippen LogP contribution in [0.3, 0.4) is 0 Å². The molecule has 0 aliphatic heterocycles. The summed E-state index contributed by atoms with van der Waals surface area (Å²) >= 11 is 1.70. The first-order valence-electron chi connectivity index (χ1n) is 7.22. The number of hydrogen-bond acceptors (Lipinski definition) is 3. The number of para-hydroxylation sites is 1. The molecule has 2 aromatic heterocycles. The third kappa shape index (κ3) is 3.18. The largest absolute Gasteiger partial charge is 0.395 e. The number of aliphatic hydroxyl groups excluding tert-OH is 1. The van der Waals surface area contributed by atoms with Crippen molar-refractivity contribution in [3.8, 4) is 0 Å². The van der Waals surface area contributed by atoms with Gasteiger partial charge in [0, 0.05) is 29.2 Å². The third-order valence-electron chi connectivity index (χ3n) is 3.89. The van der Waals surface area contributed by atoms with Gasteiger partial charge in [-0.1, -0.05) is 18.2 Å². The Morgan fingerprint density at radius 1 is 1.29 bits per heavy atom. The summed E-state index contributed by atoms with van der Waals surface area (Å²) in [5.41, 5.74) is 3.67. The molecule has 0 radical (unpaired) electrons. The number of aromatic amines is 1. The Hall–Kier alpha value is -1.62. The maximum atomic E-state index is 9.67. The maximum Gasteiger partial charge on any atom is 0.0588 e. The van der Waals surface area contributed by atoms with Gasteiger partial charge in [-0.15, -0.1) is 0 Å². The summed E-state index contributed by atoms with van der Waals surface area (Å²) in [5.74, 6) is 0.